The molecule has 0 aliphatic carbocycles. The first-order valence-electron chi connectivity index (χ1n) is 6.86. The van der Waals surface area contributed by atoms with Gasteiger partial charge >= 0.3 is 0 Å². The Balaban J connectivity index is 2.21. The lowest BCUT2D eigenvalue weighted by molar-refractivity contribution is 0.359. The number of rotatable bonds is 6. The van der Waals surface area contributed by atoms with Crippen molar-refractivity contribution in [1.29, 1.82) is 0 Å². The van der Waals surface area contributed by atoms with Crippen LogP contribution in [-0.4, -0.2) is 19.7 Å². The summed E-state index contributed by atoms with van der Waals surface area (Å²) in [4.78, 5) is 0. The van der Waals surface area contributed by atoms with Crippen molar-refractivity contribution in [3.05, 3.63) is 42.5 Å². The Bertz CT molecular complexity index is 394. The highest BCUT2D eigenvalue weighted by molar-refractivity contribution is 5.35. The zero-order chi connectivity index (χ0) is 12.8. The molecule has 0 saturated carbocycles. The number of hydrogen-bond donors (Lipinski definition) is 1. The molecule has 0 amide bonds. The second kappa shape index (κ2) is 6.05. The Morgan fingerprint density at radius 1 is 1.50 bits per heavy atom. The number of benzene rings is 1. The largest absolute Gasteiger partial charge is 0.490 e. The van der Waals surface area contributed by atoms with E-state index in [9.17, 15) is 0 Å². The van der Waals surface area contributed by atoms with Gasteiger partial charge in [-0.3, -0.25) is 0 Å². The number of nitrogens with one attached hydrogen (secondary N) is 1. The Morgan fingerprint density at radius 2 is 2.39 bits per heavy atom. The normalized spacial score (nSPS) is 22.9. The minimum Gasteiger partial charge on any atom is -0.490 e. The predicted molar refractivity (Wildman–Crippen MR) is 76.2 cm³/mol. The third kappa shape index (κ3) is 2.75. The third-order valence-corrected chi connectivity index (χ3v) is 3.79. The van der Waals surface area contributed by atoms with Gasteiger partial charge in [-0.05, 0) is 37.1 Å². The zero-order valence-electron chi connectivity index (χ0n) is 11.2. The molecular formula is C16H23NO. The fraction of sp³-hybridized carbons (Fsp3) is 0.500. The molecule has 1 aromatic carbocycles. The zero-order valence-corrected chi connectivity index (χ0v) is 11.2. The molecule has 1 aliphatic rings. The summed E-state index contributed by atoms with van der Waals surface area (Å²) in [6.45, 7) is 8.73. The lowest BCUT2D eigenvalue weighted by atomic mass is 9.76. The summed E-state index contributed by atoms with van der Waals surface area (Å²) in [5, 5.41) is 3.50. The maximum Gasteiger partial charge on any atom is 0.120 e. The Morgan fingerprint density at radius 3 is 3.06 bits per heavy atom. The molecule has 0 bridgehead atoms. The summed E-state index contributed by atoms with van der Waals surface area (Å²) in [5.41, 5.74) is 1.72. The van der Waals surface area contributed by atoms with Crippen molar-refractivity contribution in [2.75, 3.05) is 19.7 Å². The van der Waals surface area contributed by atoms with Crippen molar-refractivity contribution in [2.45, 2.75) is 31.6 Å². The molecule has 0 unspecified atom stereocenters. The Labute approximate surface area is 110 Å². The van der Waals surface area contributed by atoms with Crippen LogP contribution in [0.2, 0.25) is 0 Å². The van der Waals surface area contributed by atoms with Crippen LogP contribution in [0.3, 0.4) is 0 Å². The van der Waals surface area contributed by atoms with Gasteiger partial charge in [-0.15, -0.1) is 0 Å². The van der Waals surface area contributed by atoms with E-state index in [1.54, 1.807) is 6.08 Å². The van der Waals surface area contributed by atoms with Gasteiger partial charge in [0.25, 0.3) is 0 Å². The third-order valence-electron chi connectivity index (χ3n) is 3.79. The first-order chi connectivity index (χ1) is 8.80. The van der Waals surface area contributed by atoms with Crippen LogP contribution in [0.1, 0.15) is 31.7 Å². The molecule has 0 aromatic heterocycles. The van der Waals surface area contributed by atoms with Crippen LogP contribution in [0.25, 0.3) is 0 Å². The standard InChI is InChI=1S/C16H23NO/c1-3-8-16(9-10-17-13-16)14-6-5-7-15(12-14)18-11-4-2/h4-7,12,17H,2-3,8-11,13H2,1H3/t16-/m0/s1. The minimum absolute atomic E-state index is 0.308. The van der Waals surface area contributed by atoms with E-state index in [0.717, 1.165) is 18.8 Å². The van der Waals surface area contributed by atoms with Crippen LogP contribution >= 0.6 is 0 Å². The maximum absolute atomic E-state index is 5.64. The SMILES string of the molecule is C=CCOc1cccc([C@@]2(CCC)CCNC2)c1. The van der Waals surface area contributed by atoms with E-state index in [2.05, 4.69) is 37.0 Å². The monoisotopic (exact) mass is 245 g/mol. The first kappa shape index (κ1) is 13.2. The fourth-order valence-electron chi connectivity index (χ4n) is 2.90. The van der Waals surface area contributed by atoms with E-state index in [1.807, 2.05) is 6.07 Å². The van der Waals surface area contributed by atoms with E-state index in [0.29, 0.717) is 12.0 Å². The quantitative estimate of drug-likeness (QED) is 0.777. The van der Waals surface area contributed by atoms with Crippen LogP contribution in [0, 0.1) is 0 Å². The fourth-order valence-corrected chi connectivity index (χ4v) is 2.90. The predicted octanol–water partition coefficient (Wildman–Crippen LogP) is 3.28. The van der Waals surface area contributed by atoms with E-state index in [-0.39, 0.29) is 0 Å². The van der Waals surface area contributed by atoms with Crippen LogP contribution in [0.5, 0.6) is 5.75 Å². The molecular weight excluding hydrogens is 222 g/mol. The lowest BCUT2D eigenvalue weighted by Gasteiger charge is -2.29. The molecule has 2 rings (SSSR count). The second-order valence-electron chi connectivity index (χ2n) is 5.08. The maximum atomic E-state index is 5.64. The highest BCUT2D eigenvalue weighted by Crippen LogP contribution is 2.36. The molecule has 0 spiro atoms. The highest BCUT2D eigenvalue weighted by atomic mass is 16.5. The Kier molecular flexibility index (Phi) is 4.43. The molecule has 98 valence electrons. The smallest absolute Gasteiger partial charge is 0.120 e. The van der Waals surface area contributed by atoms with Gasteiger partial charge in [-0.2, -0.15) is 0 Å². The highest BCUT2D eigenvalue weighted by Gasteiger charge is 2.34. The average Bonchev–Trinajstić information content (AvgIpc) is 2.87. The summed E-state index contributed by atoms with van der Waals surface area (Å²) in [6, 6.07) is 8.56. The van der Waals surface area contributed by atoms with Crippen LogP contribution < -0.4 is 10.1 Å². The number of hydrogen-bond acceptors (Lipinski definition) is 2. The molecule has 1 saturated heterocycles. The van der Waals surface area contributed by atoms with Gasteiger partial charge in [0.1, 0.15) is 12.4 Å². The van der Waals surface area contributed by atoms with Gasteiger partial charge in [0, 0.05) is 12.0 Å². The van der Waals surface area contributed by atoms with E-state index >= 15 is 0 Å². The van der Waals surface area contributed by atoms with Crippen molar-refractivity contribution < 1.29 is 4.74 Å². The second-order valence-corrected chi connectivity index (χ2v) is 5.08. The lowest BCUT2D eigenvalue weighted by Crippen LogP contribution is -2.28. The van der Waals surface area contributed by atoms with Crippen LogP contribution in [0.15, 0.2) is 36.9 Å². The van der Waals surface area contributed by atoms with Gasteiger partial charge in [0.2, 0.25) is 0 Å². The van der Waals surface area contributed by atoms with Gasteiger partial charge in [-0.1, -0.05) is 38.1 Å². The first-order valence-corrected chi connectivity index (χ1v) is 6.86. The summed E-state index contributed by atoms with van der Waals surface area (Å²) in [5.74, 6) is 0.953. The molecule has 1 N–H and O–H groups in total. The molecule has 18 heavy (non-hydrogen) atoms. The van der Waals surface area contributed by atoms with Crippen molar-refractivity contribution in [3.8, 4) is 5.75 Å². The summed E-state index contributed by atoms with van der Waals surface area (Å²) in [7, 11) is 0. The van der Waals surface area contributed by atoms with Crippen molar-refractivity contribution in [1.82, 2.24) is 5.32 Å². The summed E-state index contributed by atoms with van der Waals surface area (Å²) < 4.78 is 5.64. The van der Waals surface area contributed by atoms with E-state index in [4.69, 9.17) is 4.74 Å². The molecule has 2 heteroatoms. The molecule has 0 radical (unpaired) electrons. The van der Waals surface area contributed by atoms with Gasteiger partial charge in [0.15, 0.2) is 0 Å². The van der Waals surface area contributed by atoms with Gasteiger partial charge < -0.3 is 10.1 Å². The van der Waals surface area contributed by atoms with Crippen LogP contribution in [0.4, 0.5) is 0 Å². The molecule has 1 fully saturated rings. The summed E-state index contributed by atoms with van der Waals surface area (Å²) >= 11 is 0. The van der Waals surface area contributed by atoms with Crippen molar-refractivity contribution >= 4 is 0 Å². The van der Waals surface area contributed by atoms with Crippen molar-refractivity contribution in [3.63, 3.8) is 0 Å². The molecule has 1 aliphatic heterocycles. The molecule has 2 nitrogen and oxygen atoms in total. The van der Waals surface area contributed by atoms with Crippen LogP contribution in [-0.2, 0) is 5.41 Å². The van der Waals surface area contributed by atoms with E-state index < -0.39 is 0 Å². The molecule has 1 heterocycles. The Hall–Kier alpha value is -1.28. The molecule has 1 aromatic rings. The number of ether oxygens (including phenoxy) is 1. The van der Waals surface area contributed by atoms with Gasteiger partial charge in [-0.25, -0.2) is 0 Å². The van der Waals surface area contributed by atoms with E-state index in [1.165, 1.54) is 24.8 Å². The van der Waals surface area contributed by atoms with Gasteiger partial charge in [0.05, 0.1) is 0 Å². The minimum atomic E-state index is 0.308. The van der Waals surface area contributed by atoms with Crippen molar-refractivity contribution in [2.24, 2.45) is 0 Å². The topological polar surface area (TPSA) is 21.3 Å². The molecule has 1 atom stereocenters. The summed E-state index contributed by atoms with van der Waals surface area (Å²) in [6.07, 6.45) is 5.47. The average molecular weight is 245 g/mol.